The van der Waals surface area contributed by atoms with Crippen molar-refractivity contribution < 1.29 is 14.6 Å². The van der Waals surface area contributed by atoms with Gasteiger partial charge < -0.3 is 9.84 Å². The smallest absolute Gasteiger partial charge is 0.177 e. The summed E-state index contributed by atoms with van der Waals surface area (Å²) in [5.41, 5.74) is 1.23. The van der Waals surface area contributed by atoms with Gasteiger partial charge in [0.15, 0.2) is 5.78 Å². The van der Waals surface area contributed by atoms with Crippen LogP contribution in [0.1, 0.15) is 21.8 Å². The normalized spacial score (nSPS) is 17.5. The van der Waals surface area contributed by atoms with Crippen molar-refractivity contribution in [2.75, 3.05) is 6.61 Å². The van der Waals surface area contributed by atoms with Crippen LogP contribution in [0.3, 0.4) is 0 Å². The molecule has 1 atom stereocenters. The van der Waals surface area contributed by atoms with Crippen molar-refractivity contribution in [3.8, 4) is 11.5 Å². The summed E-state index contributed by atoms with van der Waals surface area (Å²) in [5.74, 6) is 0.0160. The van der Waals surface area contributed by atoms with Crippen LogP contribution in [0.4, 0.5) is 0 Å². The SMILES string of the molecule is O=C1c2ccc(O)cc2OCC1c1ccc(Cl)c(Cl)c1. The molecule has 0 amide bonds. The summed E-state index contributed by atoms with van der Waals surface area (Å²) in [6.07, 6.45) is 0. The molecule has 2 aromatic rings. The monoisotopic (exact) mass is 308 g/mol. The molecule has 0 spiro atoms. The van der Waals surface area contributed by atoms with E-state index in [0.717, 1.165) is 5.56 Å². The van der Waals surface area contributed by atoms with E-state index in [0.29, 0.717) is 21.4 Å². The van der Waals surface area contributed by atoms with Gasteiger partial charge in [-0.3, -0.25) is 4.79 Å². The Morgan fingerprint density at radius 3 is 2.65 bits per heavy atom. The van der Waals surface area contributed by atoms with E-state index in [9.17, 15) is 9.90 Å². The predicted molar refractivity (Wildman–Crippen MR) is 77.1 cm³/mol. The summed E-state index contributed by atoms with van der Waals surface area (Å²) in [4.78, 5) is 12.5. The van der Waals surface area contributed by atoms with Crippen LogP contribution in [0.25, 0.3) is 0 Å². The minimum atomic E-state index is -0.415. The standard InChI is InChI=1S/C15H10Cl2O3/c16-12-4-1-8(5-13(12)17)11-7-20-14-6-9(18)2-3-10(14)15(11)19/h1-6,11,18H,7H2. The molecule has 1 N–H and O–H groups in total. The second kappa shape index (κ2) is 5.00. The highest BCUT2D eigenvalue weighted by molar-refractivity contribution is 6.42. The summed E-state index contributed by atoms with van der Waals surface area (Å²) < 4.78 is 5.55. The molecule has 1 unspecified atom stereocenters. The van der Waals surface area contributed by atoms with Gasteiger partial charge in [0.05, 0.1) is 21.5 Å². The average molecular weight is 309 g/mol. The van der Waals surface area contributed by atoms with Crippen LogP contribution in [0, 0.1) is 0 Å². The van der Waals surface area contributed by atoms with Crippen molar-refractivity contribution in [3.63, 3.8) is 0 Å². The van der Waals surface area contributed by atoms with E-state index in [1.807, 2.05) is 0 Å². The minimum absolute atomic E-state index is 0.0513. The van der Waals surface area contributed by atoms with Crippen LogP contribution in [0.2, 0.25) is 10.0 Å². The summed E-state index contributed by atoms with van der Waals surface area (Å²) in [7, 11) is 0. The van der Waals surface area contributed by atoms with Crippen molar-refractivity contribution in [3.05, 3.63) is 57.6 Å². The Labute approximate surface area is 125 Å². The quantitative estimate of drug-likeness (QED) is 0.864. The van der Waals surface area contributed by atoms with Gasteiger partial charge in [-0.2, -0.15) is 0 Å². The molecule has 3 nitrogen and oxygen atoms in total. The molecule has 0 saturated heterocycles. The highest BCUT2D eigenvalue weighted by Crippen LogP contribution is 2.36. The van der Waals surface area contributed by atoms with Gasteiger partial charge in [-0.15, -0.1) is 0 Å². The maximum atomic E-state index is 12.5. The number of benzene rings is 2. The number of fused-ring (bicyclic) bond motifs is 1. The molecule has 5 heteroatoms. The summed E-state index contributed by atoms with van der Waals surface area (Å²) in [6, 6.07) is 9.60. The maximum Gasteiger partial charge on any atom is 0.177 e. The Hall–Kier alpha value is -1.71. The zero-order valence-corrected chi connectivity index (χ0v) is 11.8. The van der Waals surface area contributed by atoms with E-state index in [4.69, 9.17) is 27.9 Å². The zero-order chi connectivity index (χ0) is 14.3. The minimum Gasteiger partial charge on any atom is -0.508 e. The highest BCUT2D eigenvalue weighted by Gasteiger charge is 2.30. The van der Waals surface area contributed by atoms with Crippen molar-refractivity contribution in [2.45, 2.75) is 5.92 Å². The lowest BCUT2D eigenvalue weighted by molar-refractivity contribution is 0.0896. The molecule has 0 bridgehead atoms. The number of ketones is 1. The molecule has 3 rings (SSSR count). The number of phenols is 1. The lowest BCUT2D eigenvalue weighted by Crippen LogP contribution is -2.25. The lowest BCUT2D eigenvalue weighted by atomic mass is 9.89. The van der Waals surface area contributed by atoms with Crippen molar-refractivity contribution in [2.24, 2.45) is 0 Å². The first-order valence-electron chi connectivity index (χ1n) is 6.01. The predicted octanol–water partition coefficient (Wildman–Crippen LogP) is 4.06. The number of ether oxygens (including phenoxy) is 1. The highest BCUT2D eigenvalue weighted by atomic mass is 35.5. The number of carbonyl (C=O) groups excluding carboxylic acids is 1. The molecule has 0 saturated carbocycles. The van der Waals surface area contributed by atoms with Crippen LogP contribution < -0.4 is 4.74 Å². The van der Waals surface area contributed by atoms with Gasteiger partial charge in [0.25, 0.3) is 0 Å². The van der Waals surface area contributed by atoms with Gasteiger partial charge in [0.1, 0.15) is 18.1 Å². The van der Waals surface area contributed by atoms with Crippen molar-refractivity contribution >= 4 is 29.0 Å². The average Bonchev–Trinajstić information content (AvgIpc) is 2.42. The molecule has 20 heavy (non-hydrogen) atoms. The molecule has 0 radical (unpaired) electrons. The van der Waals surface area contributed by atoms with E-state index < -0.39 is 5.92 Å². The molecule has 0 aliphatic carbocycles. The first-order valence-corrected chi connectivity index (χ1v) is 6.77. The molecule has 0 fully saturated rings. The lowest BCUT2D eigenvalue weighted by Gasteiger charge is -2.24. The fourth-order valence-corrected chi connectivity index (χ4v) is 2.55. The Morgan fingerprint density at radius 1 is 1.10 bits per heavy atom. The van der Waals surface area contributed by atoms with E-state index in [1.54, 1.807) is 24.3 Å². The Balaban J connectivity index is 1.99. The van der Waals surface area contributed by atoms with Crippen molar-refractivity contribution in [1.82, 2.24) is 0 Å². The molecule has 1 aliphatic rings. The number of halogens is 2. The van der Waals surface area contributed by atoms with Crippen molar-refractivity contribution in [1.29, 1.82) is 0 Å². The third-order valence-electron chi connectivity index (χ3n) is 3.30. The number of Topliss-reactive ketones (excluding diaryl/α,β-unsaturated/α-hetero) is 1. The molecule has 1 heterocycles. The fourth-order valence-electron chi connectivity index (χ4n) is 2.25. The molecular weight excluding hydrogens is 299 g/mol. The summed E-state index contributed by atoms with van der Waals surface area (Å²) in [6.45, 7) is 0.216. The van der Waals surface area contributed by atoms with E-state index in [-0.39, 0.29) is 18.1 Å². The largest absolute Gasteiger partial charge is 0.508 e. The number of rotatable bonds is 1. The first kappa shape index (κ1) is 13.3. The first-order chi connectivity index (χ1) is 9.56. The summed E-state index contributed by atoms with van der Waals surface area (Å²) in [5, 5.41) is 10.3. The molecular formula is C15H10Cl2O3. The third-order valence-corrected chi connectivity index (χ3v) is 4.04. The van der Waals surface area contributed by atoms with Gasteiger partial charge >= 0.3 is 0 Å². The van der Waals surface area contributed by atoms with Gasteiger partial charge in [0.2, 0.25) is 0 Å². The number of carbonyl (C=O) groups is 1. The van der Waals surface area contributed by atoms with Crippen LogP contribution in [-0.4, -0.2) is 17.5 Å². The molecule has 1 aliphatic heterocycles. The van der Waals surface area contributed by atoms with Crippen LogP contribution >= 0.6 is 23.2 Å². The molecule has 2 aromatic carbocycles. The Morgan fingerprint density at radius 2 is 1.90 bits per heavy atom. The third kappa shape index (κ3) is 2.23. The number of hydrogen-bond acceptors (Lipinski definition) is 3. The topological polar surface area (TPSA) is 46.5 Å². The van der Waals surface area contributed by atoms with Gasteiger partial charge in [-0.25, -0.2) is 0 Å². The maximum absolute atomic E-state index is 12.5. The summed E-state index contributed by atoms with van der Waals surface area (Å²) >= 11 is 11.9. The number of phenolic OH excluding ortho intramolecular Hbond substituents is 1. The Bertz CT molecular complexity index is 698. The van der Waals surface area contributed by atoms with E-state index in [2.05, 4.69) is 0 Å². The van der Waals surface area contributed by atoms with Gasteiger partial charge in [-0.1, -0.05) is 29.3 Å². The van der Waals surface area contributed by atoms with Crippen LogP contribution in [0.5, 0.6) is 11.5 Å². The Kier molecular flexibility index (Phi) is 3.32. The van der Waals surface area contributed by atoms with Crippen LogP contribution in [0.15, 0.2) is 36.4 Å². The molecule has 0 aromatic heterocycles. The van der Waals surface area contributed by atoms with E-state index in [1.165, 1.54) is 12.1 Å². The molecule has 102 valence electrons. The van der Waals surface area contributed by atoms with E-state index >= 15 is 0 Å². The fraction of sp³-hybridized carbons (Fsp3) is 0.133. The van der Waals surface area contributed by atoms with Gasteiger partial charge in [-0.05, 0) is 29.8 Å². The second-order valence-electron chi connectivity index (χ2n) is 4.58. The second-order valence-corrected chi connectivity index (χ2v) is 5.40. The number of hydrogen-bond donors (Lipinski definition) is 1. The zero-order valence-electron chi connectivity index (χ0n) is 10.3. The van der Waals surface area contributed by atoms with Gasteiger partial charge in [0, 0.05) is 6.07 Å². The van der Waals surface area contributed by atoms with Crippen LogP contribution in [-0.2, 0) is 0 Å². The number of aromatic hydroxyl groups is 1.